The van der Waals surface area contributed by atoms with Gasteiger partial charge in [0.2, 0.25) is 5.91 Å². The van der Waals surface area contributed by atoms with E-state index in [4.69, 9.17) is 5.26 Å². The van der Waals surface area contributed by atoms with E-state index in [1.165, 1.54) is 0 Å². The molecule has 102 valence electrons. The van der Waals surface area contributed by atoms with Gasteiger partial charge in [-0.2, -0.15) is 5.26 Å². The fourth-order valence-electron chi connectivity index (χ4n) is 1.52. The summed E-state index contributed by atoms with van der Waals surface area (Å²) in [6, 6.07) is 7.38. The summed E-state index contributed by atoms with van der Waals surface area (Å²) in [5.41, 5.74) is 1.28. The van der Waals surface area contributed by atoms with Crippen molar-refractivity contribution in [2.75, 3.05) is 11.9 Å². The van der Waals surface area contributed by atoms with Crippen LogP contribution in [0.1, 0.15) is 32.8 Å². The lowest BCUT2D eigenvalue weighted by Gasteiger charge is -2.20. The van der Waals surface area contributed by atoms with Crippen LogP contribution in [0.15, 0.2) is 22.7 Å². The minimum Gasteiger partial charge on any atom is -0.384 e. The molecule has 0 atom stereocenters. The Balaban J connectivity index is 2.46. The predicted octanol–water partition coefficient (Wildman–Crippen LogP) is 3.04. The van der Waals surface area contributed by atoms with Gasteiger partial charge in [0.15, 0.2) is 0 Å². The van der Waals surface area contributed by atoms with Crippen LogP contribution >= 0.6 is 15.9 Å². The Morgan fingerprint density at radius 1 is 1.42 bits per heavy atom. The number of halogens is 1. The van der Waals surface area contributed by atoms with Crippen molar-refractivity contribution >= 4 is 27.5 Å². The van der Waals surface area contributed by atoms with Gasteiger partial charge in [-0.25, -0.2) is 0 Å². The van der Waals surface area contributed by atoms with Gasteiger partial charge < -0.3 is 10.6 Å². The second-order valence-corrected chi connectivity index (χ2v) is 6.14. The molecule has 0 radical (unpaired) electrons. The highest BCUT2D eigenvalue weighted by molar-refractivity contribution is 9.10. The van der Waals surface area contributed by atoms with Gasteiger partial charge in [0, 0.05) is 28.7 Å². The third-order valence-electron chi connectivity index (χ3n) is 2.28. The SMILES string of the molecule is CC(C)(C)NC(=O)CCNc1ccc(C#N)cc1Br. The van der Waals surface area contributed by atoms with Crippen LogP contribution in [0.2, 0.25) is 0 Å². The van der Waals surface area contributed by atoms with E-state index in [1.807, 2.05) is 26.8 Å². The van der Waals surface area contributed by atoms with Crippen molar-refractivity contribution in [3.8, 4) is 6.07 Å². The number of nitrogens with one attached hydrogen (secondary N) is 2. The van der Waals surface area contributed by atoms with Crippen LogP contribution in [-0.2, 0) is 4.79 Å². The highest BCUT2D eigenvalue weighted by atomic mass is 79.9. The summed E-state index contributed by atoms with van der Waals surface area (Å²) in [6.07, 6.45) is 0.406. The van der Waals surface area contributed by atoms with Crippen molar-refractivity contribution in [2.45, 2.75) is 32.7 Å². The molecule has 0 unspecified atom stereocenters. The van der Waals surface area contributed by atoms with Gasteiger partial charge in [0.1, 0.15) is 0 Å². The Morgan fingerprint density at radius 2 is 2.11 bits per heavy atom. The molecule has 1 rings (SSSR count). The van der Waals surface area contributed by atoms with Crippen molar-refractivity contribution in [3.63, 3.8) is 0 Å². The highest BCUT2D eigenvalue weighted by Crippen LogP contribution is 2.23. The molecule has 4 nitrogen and oxygen atoms in total. The first-order chi connectivity index (χ1) is 8.81. The summed E-state index contributed by atoms with van der Waals surface area (Å²) < 4.78 is 0.822. The van der Waals surface area contributed by atoms with Crippen LogP contribution in [0.4, 0.5) is 5.69 Å². The molecule has 19 heavy (non-hydrogen) atoms. The van der Waals surface area contributed by atoms with E-state index < -0.39 is 0 Å². The quantitative estimate of drug-likeness (QED) is 0.895. The lowest BCUT2D eigenvalue weighted by atomic mass is 10.1. The Labute approximate surface area is 122 Å². The van der Waals surface area contributed by atoms with Gasteiger partial charge in [-0.05, 0) is 54.9 Å². The maximum Gasteiger partial charge on any atom is 0.222 e. The molecule has 1 amide bonds. The number of carbonyl (C=O) groups is 1. The lowest BCUT2D eigenvalue weighted by Crippen LogP contribution is -2.41. The summed E-state index contributed by atoms with van der Waals surface area (Å²) >= 11 is 3.39. The second-order valence-electron chi connectivity index (χ2n) is 5.28. The van der Waals surface area contributed by atoms with Crippen LogP contribution in [0, 0.1) is 11.3 Å². The molecule has 0 heterocycles. The highest BCUT2D eigenvalue weighted by Gasteiger charge is 2.13. The number of rotatable bonds is 4. The number of amides is 1. The standard InChI is InChI=1S/C14H18BrN3O/c1-14(2,3)18-13(19)6-7-17-12-5-4-10(9-16)8-11(12)15/h4-5,8,17H,6-7H2,1-3H3,(H,18,19). The van der Waals surface area contributed by atoms with Crippen LogP contribution < -0.4 is 10.6 Å². The minimum atomic E-state index is -0.202. The summed E-state index contributed by atoms with van der Waals surface area (Å²) in [7, 11) is 0. The van der Waals surface area contributed by atoms with E-state index in [9.17, 15) is 4.79 Å². The summed E-state index contributed by atoms with van der Waals surface area (Å²) in [5.74, 6) is 0.0183. The molecule has 2 N–H and O–H groups in total. The largest absolute Gasteiger partial charge is 0.384 e. The van der Waals surface area contributed by atoms with Crippen molar-refractivity contribution in [1.82, 2.24) is 5.32 Å². The first-order valence-corrected chi connectivity index (χ1v) is 6.85. The van der Waals surface area contributed by atoms with E-state index in [2.05, 4.69) is 32.6 Å². The normalized spacial score (nSPS) is 10.7. The Morgan fingerprint density at radius 3 is 2.63 bits per heavy atom. The summed E-state index contributed by atoms with van der Waals surface area (Å²) in [5, 5.41) is 14.8. The molecule has 0 spiro atoms. The maximum atomic E-state index is 11.6. The second kappa shape index (κ2) is 6.58. The third kappa shape index (κ3) is 5.75. The molecule has 0 aromatic heterocycles. The van der Waals surface area contributed by atoms with E-state index in [0.29, 0.717) is 18.5 Å². The molecule has 0 aliphatic carbocycles. The van der Waals surface area contributed by atoms with Crippen LogP contribution in [0.3, 0.4) is 0 Å². The van der Waals surface area contributed by atoms with E-state index in [-0.39, 0.29) is 11.4 Å². The van der Waals surface area contributed by atoms with Gasteiger partial charge in [-0.1, -0.05) is 0 Å². The number of hydrogen-bond donors (Lipinski definition) is 2. The molecule has 0 fully saturated rings. The van der Waals surface area contributed by atoms with Crippen molar-refractivity contribution in [2.24, 2.45) is 0 Å². The number of nitrogens with zero attached hydrogens (tertiary/aromatic N) is 1. The maximum absolute atomic E-state index is 11.6. The minimum absolute atomic E-state index is 0.0183. The molecule has 1 aromatic carbocycles. The first-order valence-electron chi connectivity index (χ1n) is 6.06. The Hall–Kier alpha value is -1.54. The number of benzene rings is 1. The number of anilines is 1. The summed E-state index contributed by atoms with van der Waals surface area (Å²) in [6.45, 7) is 6.41. The number of carbonyl (C=O) groups excluding carboxylic acids is 1. The van der Waals surface area contributed by atoms with E-state index in [0.717, 1.165) is 10.2 Å². The van der Waals surface area contributed by atoms with Gasteiger partial charge in [-0.3, -0.25) is 4.79 Å². The van der Waals surface area contributed by atoms with Crippen LogP contribution in [0.25, 0.3) is 0 Å². The lowest BCUT2D eigenvalue weighted by molar-refractivity contribution is -0.122. The van der Waals surface area contributed by atoms with Gasteiger partial charge in [-0.15, -0.1) is 0 Å². The van der Waals surface area contributed by atoms with Crippen molar-refractivity contribution in [1.29, 1.82) is 5.26 Å². The predicted molar refractivity (Wildman–Crippen MR) is 79.9 cm³/mol. The first kappa shape index (κ1) is 15.5. The number of nitriles is 1. The molecule has 0 saturated heterocycles. The molecule has 5 heteroatoms. The van der Waals surface area contributed by atoms with E-state index in [1.54, 1.807) is 12.1 Å². The Bertz CT molecular complexity index is 500. The average Bonchev–Trinajstić information content (AvgIpc) is 2.28. The zero-order valence-electron chi connectivity index (χ0n) is 11.4. The van der Waals surface area contributed by atoms with Crippen molar-refractivity contribution < 1.29 is 4.79 Å². The monoisotopic (exact) mass is 323 g/mol. The topological polar surface area (TPSA) is 64.9 Å². The molecule has 0 saturated carbocycles. The number of hydrogen-bond acceptors (Lipinski definition) is 3. The van der Waals surface area contributed by atoms with Gasteiger partial charge in [0.05, 0.1) is 11.6 Å². The average molecular weight is 324 g/mol. The smallest absolute Gasteiger partial charge is 0.222 e. The summed E-state index contributed by atoms with van der Waals surface area (Å²) in [4.78, 5) is 11.6. The zero-order chi connectivity index (χ0) is 14.5. The molecule has 0 aliphatic rings. The molecular formula is C14H18BrN3O. The Kier molecular flexibility index (Phi) is 5.37. The van der Waals surface area contributed by atoms with Gasteiger partial charge >= 0.3 is 0 Å². The molecule has 1 aromatic rings. The fraction of sp³-hybridized carbons (Fsp3) is 0.429. The molecule has 0 aliphatic heterocycles. The fourth-order valence-corrected chi connectivity index (χ4v) is 2.04. The molecular weight excluding hydrogens is 306 g/mol. The molecule has 0 bridgehead atoms. The van der Waals surface area contributed by atoms with E-state index >= 15 is 0 Å². The van der Waals surface area contributed by atoms with Crippen molar-refractivity contribution in [3.05, 3.63) is 28.2 Å². The van der Waals surface area contributed by atoms with Crippen LogP contribution in [-0.4, -0.2) is 18.0 Å². The zero-order valence-corrected chi connectivity index (χ0v) is 13.0. The van der Waals surface area contributed by atoms with Crippen LogP contribution in [0.5, 0.6) is 0 Å². The van der Waals surface area contributed by atoms with Gasteiger partial charge in [0.25, 0.3) is 0 Å². The third-order valence-corrected chi connectivity index (χ3v) is 2.94.